The third-order valence-electron chi connectivity index (χ3n) is 5.00. The number of hydrogen-bond donors (Lipinski definition) is 1. The van der Waals surface area contributed by atoms with E-state index in [4.69, 9.17) is 0 Å². The van der Waals surface area contributed by atoms with Gasteiger partial charge in [0.05, 0.1) is 6.10 Å². The van der Waals surface area contributed by atoms with Crippen LogP contribution in [0.25, 0.3) is 0 Å². The number of carbonyl (C=O) groups is 1. The van der Waals surface area contributed by atoms with Crippen LogP contribution in [0.1, 0.15) is 39.9 Å². The lowest BCUT2D eigenvalue weighted by Crippen LogP contribution is -2.32. The van der Waals surface area contributed by atoms with Crippen molar-refractivity contribution < 1.29 is 9.90 Å². The van der Waals surface area contributed by atoms with Crippen LogP contribution in [0, 0.1) is 32.6 Å². The highest BCUT2D eigenvalue weighted by atomic mass is 16.3. The van der Waals surface area contributed by atoms with Crippen LogP contribution in [-0.2, 0) is 0 Å². The van der Waals surface area contributed by atoms with Crippen LogP contribution in [0.4, 0.5) is 0 Å². The van der Waals surface area contributed by atoms with Gasteiger partial charge >= 0.3 is 0 Å². The van der Waals surface area contributed by atoms with Crippen LogP contribution < -0.4 is 0 Å². The number of rotatable bonds is 1. The molecule has 1 N–H and O–H groups in total. The molecule has 1 saturated heterocycles. The van der Waals surface area contributed by atoms with Crippen molar-refractivity contribution in [2.75, 3.05) is 13.1 Å². The Labute approximate surface area is 120 Å². The number of amides is 1. The maximum Gasteiger partial charge on any atom is 0.254 e. The molecular weight excluding hydrogens is 250 g/mol. The predicted octanol–water partition coefficient (Wildman–Crippen LogP) is 2.45. The zero-order chi connectivity index (χ0) is 14.4. The first-order valence-corrected chi connectivity index (χ1v) is 7.52. The molecule has 3 heteroatoms. The molecule has 1 amide bonds. The summed E-state index contributed by atoms with van der Waals surface area (Å²) < 4.78 is 0. The number of aliphatic hydroxyl groups excluding tert-OH is 1. The van der Waals surface area contributed by atoms with Crippen LogP contribution in [-0.4, -0.2) is 35.1 Å². The largest absolute Gasteiger partial charge is 0.393 e. The van der Waals surface area contributed by atoms with Gasteiger partial charge in [0.2, 0.25) is 0 Å². The van der Waals surface area contributed by atoms with E-state index >= 15 is 0 Å². The van der Waals surface area contributed by atoms with Crippen molar-refractivity contribution in [1.29, 1.82) is 0 Å². The summed E-state index contributed by atoms with van der Waals surface area (Å²) in [5.41, 5.74) is 4.17. The number of hydrogen-bond acceptors (Lipinski definition) is 2. The van der Waals surface area contributed by atoms with Gasteiger partial charge in [-0.15, -0.1) is 0 Å². The molecule has 0 aromatic heterocycles. The van der Waals surface area contributed by atoms with Gasteiger partial charge in [0.15, 0.2) is 0 Å². The van der Waals surface area contributed by atoms with Crippen molar-refractivity contribution in [3.05, 3.63) is 34.4 Å². The summed E-state index contributed by atoms with van der Waals surface area (Å²) in [5, 5.41) is 9.98. The van der Waals surface area contributed by atoms with E-state index in [2.05, 4.69) is 19.1 Å². The molecule has 1 saturated carbocycles. The fraction of sp³-hybridized carbons (Fsp3) is 0.588. The van der Waals surface area contributed by atoms with Crippen molar-refractivity contribution in [2.24, 2.45) is 11.8 Å². The fourth-order valence-corrected chi connectivity index (χ4v) is 4.08. The van der Waals surface area contributed by atoms with Gasteiger partial charge in [-0.3, -0.25) is 4.79 Å². The predicted molar refractivity (Wildman–Crippen MR) is 78.8 cm³/mol. The number of benzene rings is 1. The Balaban J connectivity index is 1.84. The van der Waals surface area contributed by atoms with Gasteiger partial charge in [0.1, 0.15) is 0 Å². The highest BCUT2D eigenvalue weighted by Gasteiger charge is 2.43. The van der Waals surface area contributed by atoms with E-state index in [1.165, 1.54) is 5.56 Å². The number of nitrogens with zero attached hydrogens (tertiary/aromatic N) is 1. The molecule has 20 heavy (non-hydrogen) atoms. The lowest BCUT2D eigenvalue weighted by Gasteiger charge is -2.21. The zero-order valence-electron chi connectivity index (χ0n) is 12.5. The number of likely N-dealkylation sites (tertiary alicyclic amines) is 1. The molecule has 0 bridgehead atoms. The Morgan fingerprint density at radius 2 is 1.80 bits per heavy atom. The summed E-state index contributed by atoms with van der Waals surface area (Å²) in [6.07, 6.45) is 1.75. The van der Waals surface area contributed by atoms with Crippen LogP contribution in [0.2, 0.25) is 0 Å². The monoisotopic (exact) mass is 273 g/mol. The molecule has 3 nitrogen and oxygen atoms in total. The second-order valence-electron chi connectivity index (χ2n) is 6.55. The number of carbonyl (C=O) groups excluding carboxylic acids is 1. The normalized spacial score (nSPS) is 28.8. The molecule has 3 unspecified atom stereocenters. The standard InChI is InChI=1S/C17H23NO2/c1-10-6-11(2)16(12(3)7-10)17(20)18-8-13-4-5-15(19)14(13)9-18/h6-7,13-15,19H,4-5,8-9H2,1-3H3. The Morgan fingerprint density at radius 3 is 2.40 bits per heavy atom. The van der Waals surface area contributed by atoms with Crippen LogP contribution in [0.15, 0.2) is 12.1 Å². The van der Waals surface area contributed by atoms with Gasteiger partial charge in [-0.05, 0) is 50.7 Å². The summed E-state index contributed by atoms with van der Waals surface area (Å²) in [6, 6.07) is 4.15. The van der Waals surface area contributed by atoms with Crippen molar-refractivity contribution >= 4 is 5.91 Å². The SMILES string of the molecule is Cc1cc(C)c(C(=O)N2CC3CCC(O)C3C2)c(C)c1. The molecule has 1 aliphatic carbocycles. The van der Waals surface area contributed by atoms with E-state index in [9.17, 15) is 9.90 Å². The van der Waals surface area contributed by atoms with E-state index in [1.54, 1.807) is 0 Å². The number of aryl methyl sites for hydroxylation is 3. The number of aliphatic hydroxyl groups is 1. The Bertz CT molecular complexity index is 529. The van der Waals surface area contributed by atoms with Gasteiger partial charge in [0, 0.05) is 24.6 Å². The van der Waals surface area contributed by atoms with Crippen molar-refractivity contribution in [2.45, 2.75) is 39.7 Å². The van der Waals surface area contributed by atoms with Crippen LogP contribution >= 0.6 is 0 Å². The lowest BCUT2D eigenvalue weighted by atomic mass is 9.99. The summed E-state index contributed by atoms with van der Waals surface area (Å²) in [6.45, 7) is 7.62. The van der Waals surface area contributed by atoms with Gasteiger partial charge in [-0.2, -0.15) is 0 Å². The van der Waals surface area contributed by atoms with Crippen molar-refractivity contribution in [3.8, 4) is 0 Å². The average molecular weight is 273 g/mol. The molecule has 2 fully saturated rings. The van der Waals surface area contributed by atoms with Gasteiger partial charge in [0.25, 0.3) is 5.91 Å². The maximum atomic E-state index is 12.8. The molecule has 3 atom stereocenters. The molecule has 2 aliphatic rings. The minimum absolute atomic E-state index is 0.140. The van der Waals surface area contributed by atoms with Crippen molar-refractivity contribution in [3.63, 3.8) is 0 Å². The summed E-state index contributed by atoms with van der Waals surface area (Å²) >= 11 is 0. The topological polar surface area (TPSA) is 40.5 Å². The van der Waals surface area contributed by atoms with Gasteiger partial charge < -0.3 is 10.0 Å². The Hall–Kier alpha value is -1.35. The van der Waals surface area contributed by atoms with Gasteiger partial charge in [-0.1, -0.05) is 17.7 Å². The van der Waals surface area contributed by atoms with E-state index < -0.39 is 0 Å². The highest BCUT2D eigenvalue weighted by Crippen LogP contribution is 2.38. The molecule has 1 aliphatic heterocycles. The van der Waals surface area contributed by atoms with E-state index in [1.807, 2.05) is 18.7 Å². The average Bonchev–Trinajstić information content (AvgIpc) is 2.90. The second-order valence-corrected chi connectivity index (χ2v) is 6.55. The first kappa shape index (κ1) is 13.6. The molecular formula is C17H23NO2. The minimum Gasteiger partial charge on any atom is -0.393 e. The van der Waals surface area contributed by atoms with Gasteiger partial charge in [-0.25, -0.2) is 0 Å². The zero-order valence-corrected chi connectivity index (χ0v) is 12.5. The third-order valence-corrected chi connectivity index (χ3v) is 5.00. The minimum atomic E-state index is -0.210. The second kappa shape index (κ2) is 4.88. The molecule has 108 valence electrons. The molecule has 3 rings (SSSR count). The molecule has 1 aromatic carbocycles. The van der Waals surface area contributed by atoms with Crippen molar-refractivity contribution in [1.82, 2.24) is 4.90 Å². The van der Waals surface area contributed by atoms with Crippen LogP contribution in [0.3, 0.4) is 0 Å². The third kappa shape index (κ3) is 2.14. The molecule has 1 heterocycles. The molecule has 1 aromatic rings. The van der Waals surface area contributed by atoms with E-state index in [0.717, 1.165) is 42.6 Å². The highest BCUT2D eigenvalue weighted by molar-refractivity contribution is 5.97. The van der Waals surface area contributed by atoms with E-state index in [0.29, 0.717) is 11.8 Å². The fourth-order valence-electron chi connectivity index (χ4n) is 4.08. The Kier molecular flexibility index (Phi) is 3.33. The number of fused-ring (bicyclic) bond motifs is 1. The smallest absolute Gasteiger partial charge is 0.254 e. The first-order valence-electron chi connectivity index (χ1n) is 7.52. The molecule has 0 spiro atoms. The Morgan fingerprint density at radius 1 is 1.15 bits per heavy atom. The first-order chi connectivity index (χ1) is 9.47. The molecule has 0 radical (unpaired) electrons. The lowest BCUT2D eigenvalue weighted by molar-refractivity contribution is 0.0751. The summed E-state index contributed by atoms with van der Waals surface area (Å²) in [4.78, 5) is 14.7. The van der Waals surface area contributed by atoms with Crippen LogP contribution in [0.5, 0.6) is 0 Å². The maximum absolute atomic E-state index is 12.8. The summed E-state index contributed by atoms with van der Waals surface area (Å²) in [7, 11) is 0. The quantitative estimate of drug-likeness (QED) is 0.854. The summed E-state index contributed by atoms with van der Waals surface area (Å²) in [5.74, 6) is 0.937. The van der Waals surface area contributed by atoms with E-state index in [-0.39, 0.29) is 12.0 Å².